The van der Waals surface area contributed by atoms with Gasteiger partial charge < -0.3 is 33.5 Å². The lowest BCUT2D eigenvalue weighted by molar-refractivity contribution is -0.297. The SMILES string of the molecule is CCN1C[C@]2(COC)[C@@H](O)C[C@@H](OC)[C@@]34[C@@H]1[C@@H]([C@@H](OC)[C@@H]23)[C@@]1(OC(C)=O)C[C@@H](OC)[C@@H]2C[C@H]4[C@H]1[C@H]2OC(=O)C=Cc1ccccc1. The highest BCUT2D eigenvalue weighted by Crippen LogP contribution is 2.80. The van der Waals surface area contributed by atoms with Crippen molar-refractivity contribution in [2.75, 3.05) is 48.1 Å². The van der Waals surface area contributed by atoms with Crippen molar-refractivity contribution in [2.45, 2.75) is 75.3 Å². The zero-order chi connectivity index (χ0) is 32.6. The van der Waals surface area contributed by atoms with Gasteiger partial charge in [-0.15, -0.1) is 0 Å². The number of benzene rings is 1. The first-order valence-electron chi connectivity index (χ1n) is 16.8. The second-order valence-electron chi connectivity index (χ2n) is 14.6. The smallest absolute Gasteiger partial charge is 0.331 e. The van der Waals surface area contributed by atoms with Gasteiger partial charge in [0.25, 0.3) is 0 Å². The lowest BCUT2D eigenvalue weighted by Gasteiger charge is -2.70. The predicted molar refractivity (Wildman–Crippen MR) is 167 cm³/mol. The van der Waals surface area contributed by atoms with Crippen molar-refractivity contribution < 1.29 is 43.1 Å². The quantitative estimate of drug-likeness (QED) is 0.303. The number of hydrogen-bond acceptors (Lipinski definition) is 10. The molecule has 10 nitrogen and oxygen atoms in total. The van der Waals surface area contributed by atoms with Crippen LogP contribution in [0.1, 0.15) is 38.7 Å². The molecule has 10 heteroatoms. The molecular formula is C36H49NO9. The summed E-state index contributed by atoms with van der Waals surface area (Å²) in [6.07, 6.45) is 2.77. The number of nitrogens with zero attached hydrogens (tertiary/aromatic N) is 1. The molecule has 252 valence electrons. The second kappa shape index (κ2) is 11.7. The lowest BCUT2D eigenvalue weighted by Crippen LogP contribution is -2.79. The molecule has 5 saturated carbocycles. The Morgan fingerprint density at radius 1 is 1.02 bits per heavy atom. The van der Waals surface area contributed by atoms with Gasteiger partial charge in [0.05, 0.1) is 31.0 Å². The molecule has 46 heavy (non-hydrogen) atoms. The number of carbonyl (C=O) groups is 2. The molecule has 0 amide bonds. The molecule has 1 aliphatic heterocycles. The van der Waals surface area contributed by atoms with Gasteiger partial charge >= 0.3 is 11.9 Å². The number of likely N-dealkylation sites (tertiary alicyclic amines) is 1. The van der Waals surface area contributed by atoms with Gasteiger partial charge in [-0.2, -0.15) is 0 Å². The number of fused-ring (bicyclic) bond motifs is 2. The van der Waals surface area contributed by atoms with Crippen LogP contribution in [-0.2, 0) is 38.0 Å². The number of hydrogen-bond donors (Lipinski definition) is 1. The van der Waals surface area contributed by atoms with Crippen molar-refractivity contribution in [1.82, 2.24) is 4.90 Å². The van der Waals surface area contributed by atoms with Crippen LogP contribution in [0.25, 0.3) is 6.08 Å². The number of rotatable bonds is 10. The zero-order valence-electron chi connectivity index (χ0n) is 27.8. The van der Waals surface area contributed by atoms with E-state index in [1.54, 1.807) is 34.5 Å². The topological polar surface area (TPSA) is 113 Å². The standard InChI is InChI=1S/C36H49NO9/c1-7-37-18-34(19-41-3)25(39)16-26(43-5)36-23-15-22-24(42-4)17-35(46-20(2)38,29(33(36)37)31(44-6)32(34)36)28(23)30(22)45-27(40)14-13-21-11-9-8-10-12-21/h8-14,22-26,28-33,39H,7,15-19H2,1-6H3/t22-,23-,24+,25-,26+,28-,29+,30-,31+,32-,33-,34-,35+,36+/m0/s1. The molecule has 0 radical (unpaired) electrons. The van der Waals surface area contributed by atoms with Crippen LogP contribution in [0.5, 0.6) is 0 Å². The maximum atomic E-state index is 13.6. The Bertz CT molecular complexity index is 1360. The Morgan fingerprint density at radius 2 is 1.78 bits per heavy atom. The van der Waals surface area contributed by atoms with E-state index in [1.165, 1.54) is 13.0 Å². The maximum Gasteiger partial charge on any atom is 0.331 e. The highest BCUT2D eigenvalue weighted by molar-refractivity contribution is 5.87. The number of aliphatic hydroxyl groups is 1. The van der Waals surface area contributed by atoms with Crippen LogP contribution in [0.4, 0.5) is 0 Å². The number of ether oxygens (including phenoxy) is 6. The predicted octanol–water partition coefficient (Wildman–Crippen LogP) is 2.96. The molecule has 6 aliphatic rings. The minimum atomic E-state index is -1.02. The van der Waals surface area contributed by atoms with E-state index in [9.17, 15) is 14.7 Å². The van der Waals surface area contributed by atoms with E-state index in [0.29, 0.717) is 26.0 Å². The third-order valence-electron chi connectivity index (χ3n) is 13.2. The molecule has 7 rings (SSSR count). The van der Waals surface area contributed by atoms with E-state index in [1.807, 2.05) is 30.3 Å². The highest BCUT2D eigenvalue weighted by atomic mass is 16.6. The third-order valence-corrected chi connectivity index (χ3v) is 13.2. The zero-order valence-corrected chi connectivity index (χ0v) is 27.8. The molecule has 5 aliphatic carbocycles. The summed E-state index contributed by atoms with van der Waals surface area (Å²) >= 11 is 0. The Labute approximate surface area is 271 Å². The average molecular weight is 640 g/mol. The Kier molecular flexibility index (Phi) is 8.17. The van der Waals surface area contributed by atoms with E-state index in [0.717, 1.165) is 18.5 Å². The Hall–Kier alpha value is -2.34. The first-order chi connectivity index (χ1) is 22.2. The van der Waals surface area contributed by atoms with Crippen LogP contribution < -0.4 is 0 Å². The van der Waals surface area contributed by atoms with Crippen molar-refractivity contribution >= 4 is 18.0 Å². The number of esters is 2. The van der Waals surface area contributed by atoms with Gasteiger partial charge in [-0.3, -0.25) is 9.69 Å². The lowest BCUT2D eigenvalue weighted by atomic mass is 9.42. The summed E-state index contributed by atoms with van der Waals surface area (Å²) in [4.78, 5) is 29.3. The van der Waals surface area contributed by atoms with Crippen molar-refractivity contribution in [3.63, 3.8) is 0 Å². The molecule has 1 saturated heterocycles. The summed E-state index contributed by atoms with van der Waals surface area (Å²) < 4.78 is 38.3. The minimum absolute atomic E-state index is 0.0424. The molecule has 1 spiro atoms. The summed E-state index contributed by atoms with van der Waals surface area (Å²) in [6.45, 7) is 5.38. The van der Waals surface area contributed by atoms with E-state index in [4.69, 9.17) is 28.4 Å². The van der Waals surface area contributed by atoms with Crippen LogP contribution in [0.3, 0.4) is 0 Å². The van der Waals surface area contributed by atoms with E-state index in [2.05, 4.69) is 11.8 Å². The molecule has 1 N–H and O–H groups in total. The normalized spacial score (nSPS) is 46.8. The first-order valence-corrected chi connectivity index (χ1v) is 16.8. The van der Waals surface area contributed by atoms with Gasteiger partial charge in [0.15, 0.2) is 0 Å². The van der Waals surface area contributed by atoms with E-state index >= 15 is 0 Å². The van der Waals surface area contributed by atoms with Gasteiger partial charge in [0.1, 0.15) is 11.7 Å². The highest BCUT2D eigenvalue weighted by Gasteiger charge is 2.88. The monoisotopic (exact) mass is 639 g/mol. The van der Waals surface area contributed by atoms with Gasteiger partial charge in [-0.25, -0.2) is 4.79 Å². The number of methoxy groups -OCH3 is 4. The molecular weight excluding hydrogens is 590 g/mol. The number of carbonyl (C=O) groups excluding carboxylic acids is 2. The van der Waals surface area contributed by atoms with Crippen LogP contribution >= 0.6 is 0 Å². The summed E-state index contributed by atoms with van der Waals surface area (Å²) in [6, 6.07) is 9.61. The van der Waals surface area contributed by atoms with Gasteiger partial charge in [-0.05, 0) is 30.5 Å². The molecule has 7 bridgehead atoms. The average Bonchev–Trinajstić information content (AvgIpc) is 3.47. The Balaban J connectivity index is 1.42. The van der Waals surface area contributed by atoms with Crippen molar-refractivity contribution in [3.05, 3.63) is 42.0 Å². The Morgan fingerprint density at radius 3 is 2.41 bits per heavy atom. The van der Waals surface area contributed by atoms with Gasteiger partial charge in [0.2, 0.25) is 0 Å². The number of piperidine rings is 1. The largest absolute Gasteiger partial charge is 0.458 e. The molecule has 1 aromatic rings. The molecule has 6 fully saturated rings. The fourth-order valence-corrected chi connectivity index (χ4v) is 12.4. The fourth-order valence-electron chi connectivity index (χ4n) is 12.4. The van der Waals surface area contributed by atoms with Crippen molar-refractivity contribution in [1.29, 1.82) is 0 Å². The summed E-state index contributed by atoms with van der Waals surface area (Å²) in [5.74, 6) is -1.65. The van der Waals surface area contributed by atoms with Crippen LogP contribution in [0, 0.1) is 40.4 Å². The van der Waals surface area contributed by atoms with Gasteiger partial charge in [-0.1, -0.05) is 37.3 Å². The van der Waals surface area contributed by atoms with Crippen LogP contribution in [0.2, 0.25) is 0 Å². The second-order valence-corrected chi connectivity index (χ2v) is 14.6. The van der Waals surface area contributed by atoms with E-state index in [-0.39, 0.29) is 59.9 Å². The number of aliphatic hydroxyl groups excluding tert-OH is 1. The summed E-state index contributed by atoms with van der Waals surface area (Å²) in [5.41, 5.74) is -1.21. The summed E-state index contributed by atoms with van der Waals surface area (Å²) in [7, 11) is 6.88. The van der Waals surface area contributed by atoms with Crippen LogP contribution in [-0.4, -0.2) is 112 Å². The van der Waals surface area contributed by atoms with Crippen LogP contribution in [0.15, 0.2) is 36.4 Å². The maximum absolute atomic E-state index is 13.6. The first kappa shape index (κ1) is 32.2. The summed E-state index contributed by atoms with van der Waals surface area (Å²) in [5, 5.41) is 12.0. The van der Waals surface area contributed by atoms with Gasteiger partial charge in [0, 0.05) is 101 Å². The molecule has 1 aromatic carbocycles. The van der Waals surface area contributed by atoms with Crippen molar-refractivity contribution in [2.24, 2.45) is 40.4 Å². The fraction of sp³-hybridized carbons (Fsp3) is 0.722. The van der Waals surface area contributed by atoms with E-state index < -0.39 is 34.6 Å². The molecule has 0 unspecified atom stereocenters. The molecule has 14 atom stereocenters. The molecule has 0 aromatic heterocycles. The van der Waals surface area contributed by atoms with Crippen molar-refractivity contribution in [3.8, 4) is 0 Å². The minimum Gasteiger partial charge on any atom is -0.458 e. The molecule has 1 heterocycles. The third kappa shape index (κ3) is 4.10.